The fourth-order valence-corrected chi connectivity index (χ4v) is 1.77. The number of nitrogens with one attached hydrogen (secondary N) is 2. The van der Waals surface area contributed by atoms with Crippen LogP contribution in [0.4, 0.5) is 0 Å². The molecule has 116 valence electrons. The highest BCUT2D eigenvalue weighted by Gasteiger charge is 2.24. The number of carbonyl (C=O) groups excluding carboxylic acids is 2. The van der Waals surface area contributed by atoms with Crippen molar-refractivity contribution in [3.05, 3.63) is 29.3 Å². The molecular weight excluding hydrogens is 272 g/mol. The first-order chi connectivity index (χ1) is 9.70. The Bertz CT molecular complexity index is 535. The van der Waals surface area contributed by atoms with Crippen molar-refractivity contribution in [2.24, 2.45) is 5.41 Å². The summed E-state index contributed by atoms with van der Waals surface area (Å²) in [6.45, 7) is 7.34. The molecule has 0 aliphatic carbocycles. The Balaban J connectivity index is 3.02. The molecule has 6 nitrogen and oxygen atoms in total. The third kappa shape index (κ3) is 4.19. The van der Waals surface area contributed by atoms with Crippen molar-refractivity contribution in [3.8, 4) is 5.75 Å². The molecule has 0 fully saturated rings. The average molecular weight is 294 g/mol. The maximum Gasteiger partial charge on any atom is 0.274 e. The summed E-state index contributed by atoms with van der Waals surface area (Å²) in [5.41, 5.74) is 2.11. The van der Waals surface area contributed by atoms with E-state index in [0.717, 1.165) is 5.56 Å². The summed E-state index contributed by atoms with van der Waals surface area (Å²) in [6, 6.07) is 4.50. The molecule has 21 heavy (non-hydrogen) atoms. The predicted molar refractivity (Wildman–Crippen MR) is 78.3 cm³/mol. The number of hydroxylamine groups is 1. The maximum absolute atomic E-state index is 12.0. The van der Waals surface area contributed by atoms with Gasteiger partial charge in [-0.15, -0.1) is 0 Å². The first-order valence-electron chi connectivity index (χ1n) is 6.64. The molecule has 0 bridgehead atoms. The standard InChI is InChI=1S/C15H22N2O4/c1-9(16-14(19)15(2,3)4)11-7-6-10(13(18)17-20)8-12(11)21-5/h6-9,20H,1-5H3,(H,16,19)(H,17,18). The minimum atomic E-state index is -0.619. The van der Waals surface area contributed by atoms with Gasteiger partial charge in [-0.3, -0.25) is 14.8 Å². The second-order valence-corrected chi connectivity index (χ2v) is 5.84. The quantitative estimate of drug-likeness (QED) is 0.586. The molecule has 1 atom stereocenters. The van der Waals surface area contributed by atoms with E-state index in [9.17, 15) is 9.59 Å². The van der Waals surface area contributed by atoms with Crippen molar-refractivity contribution in [1.29, 1.82) is 0 Å². The lowest BCUT2D eigenvalue weighted by Gasteiger charge is -2.23. The molecule has 0 aliphatic heterocycles. The Morgan fingerprint density at radius 3 is 2.38 bits per heavy atom. The number of hydrogen-bond donors (Lipinski definition) is 3. The number of rotatable bonds is 4. The van der Waals surface area contributed by atoms with Gasteiger partial charge in [-0.05, 0) is 19.1 Å². The molecule has 0 radical (unpaired) electrons. The average Bonchev–Trinajstić information content (AvgIpc) is 2.44. The number of methoxy groups -OCH3 is 1. The summed E-state index contributed by atoms with van der Waals surface area (Å²) in [4.78, 5) is 23.4. The Kier molecular flexibility index (Phi) is 5.32. The molecule has 1 aromatic rings. The zero-order chi connectivity index (χ0) is 16.2. The number of amides is 2. The van der Waals surface area contributed by atoms with Crippen molar-refractivity contribution in [2.75, 3.05) is 7.11 Å². The molecule has 0 spiro atoms. The number of hydrogen-bond acceptors (Lipinski definition) is 4. The van der Waals surface area contributed by atoms with Crippen molar-refractivity contribution in [1.82, 2.24) is 10.8 Å². The molecule has 0 aliphatic rings. The molecule has 1 unspecified atom stereocenters. The van der Waals surface area contributed by atoms with E-state index >= 15 is 0 Å². The lowest BCUT2D eigenvalue weighted by atomic mass is 9.94. The van der Waals surface area contributed by atoms with Crippen LogP contribution in [-0.2, 0) is 4.79 Å². The van der Waals surface area contributed by atoms with Gasteiger partial charge in [0.05, 0.1) is 13.2 Å². The normalized spacial score (nSPS) is 12.5. The van der Waals surface area contributed by atoms with Gasteiger partial charge in [0.15, 0.2) is 0 Å². The van der Waals surface area contributed by atoms with Gasteiger partial charge >= 0.3 is 0 Å². The predicted octanol–water partition coefficient (Wildman–Crippen LogP) is 2.04. The minimum Gasteiger partial charge on any atom is -0.496 e. The molecule has 0 aromatic heterocycles. The molecule has 0 saturated carbocycles. The highest BCUT2D eigenvalue weighted by molar-refractivity contribution is 5.93. The number of ether oxygens (including phenoxy) is 1. The molecular formula is C15H22N2O4. The summed E-state index contributed by atoms with van der Waals surface area (Å²) >= 11 is 0. The maximum atomic E-state index is 12.0. The van der Waals surface area contributed by atoms with E-state index in [2.05, 4.69) is 5.32 Å². The summed E-state index contributed by atoms with van der Waals surface area (Å²) in [7, 11) is 1.48. The van der Waals surface area contributed by atoms with Gasteiger partial charge in [-0.1, -0.05) is 26.8 Å². The first kappa shape index (κ1) is 17.0. The van der Waals surface area contributed by atoms with E-state index in [1.807, 2.05) is 27.7 Å². The van der Waals surface area contributed by atoms with Crippen molar-refractivity contribution < 1.29 is 19.5 Å². The smallest absolute Gasteiger partial charge is 0.274 e. The Hall–Kier alpha value is -2.08. The monoisotopic (exact) mass is 294 g/mol. The fraction of sp³-hybridized carbons (Fsp3) is 0.467. The van der Waals surface area contributed by atoms with E-state index in [1.165, 1.54) is 13.2 Å². The van der Waals surface area contributed by atoms with Crippen LogP contribution in [0, 0.1) is 5.41 Å². The first-order valence-corrected chi connectivity index (χ1v) is 6.64. The van der Waals surface area contributed by atoms with Crippen LogP contribution < -0.4 is 15.5 Å². The molecule has 3 N–H and O–H groups in total. The molecule has 0 heterocycles. The minimum absolute atomic E-state index is 0.0748. The summed E-state index contributed by atoms with van der Waals surface area (Å²) in [5.74, 6) is -0.224. The molecule has 2 amide bonds. The van der Waals surface area contributed by atoms with Crippen molar-refractivity contribution in [3.63, 3.8) is 0 Å². The molecule has 6 heteroatoms. The van der Waals surface area contributed by atoms with E-state index in [4.69, 9.17) is 9.94 Å². The van der Waals surface area contributed by atoms with Crippen LogP contribution in [0.3, 0.4) is 0 Å². The zero-order valence-electron chi connectivity index (χ0n) is 13.0. The van der Waals surface area contributed by atoms with Crippen LogP contribution in [0.1, 0.15) is 49.7 Å². The lowest BCUT2D eigenvalue weighted by molar-refractivity contribution is -0.129. The number of carbonyl (C=O) groups is 2. The van der Waals surface area contributed by atoms with Gasteiger partial charge in [0, 0.05) is 16.5 Å². The molecule has 1 aromatic carbocycles. The largest absolute Gasteiger partial charge is 0.496 e. The van der Waals surface area contributed by atoms with Gasteiger partial charge < -0.3 is 10.1 Å². The van der Waals surface area contributed by atoms with Crippen LogP contribution in [0.2, 0.25) is 0 Å². The summed E-state index contributed by atoms with van der Waals surface area (Å²) in [6.07, 6.45) is 0. The zero-order valence-corrected chi connectivity index (χ0v) is 13.0. The Labute approximate surface area is 124 Å². The third-order valence-electron chi connectivity index (χ3n) is 3.09. The highest BCUT2D eigenvalue weighted by Crippen LogP contribution is 2.27. The number of benzene rings is 1. The van der Waals surface area contributed by atoms with Gasteiger partial charge in [0.25, 0.3) is 5.91 Å². The second-order valence-electron chi connectivity index (χ2n) is 5.84. The van der Waals surface area contributed by atoms with E-state index in [0.29, 0.717) is 5.75 Å². The Morgan fingerprint density at radius 1 is 1.29 bits per heavy atom. The van der Waals surface area contributed by atoms with Crippen LogP contribution in [0.15, 0.2) is 18.2 Å². The van der Waals surface area contributed by atoms with Gasteiger partial charge in [0.2, 0.25) is 5.91 Å². The summed E-state index contributed by atoms with van der Waals surface area (Å²) < 4.78 is 5.26. The topological polar surface area (TPSA) is 87.7 Å². The van der Waals surface area contributed by atoms with Crippen molar-refractivity contribution in [2.45, 2.75) is 33.7 Å². The van der Waals surface area contributed by atoms with Gasteiger partial charge in [-0.2, -0.15) is 0 Å². The van der Waals surface area contributed by atoms with Crippen LogP contribution in [0.5, 0.6) is 5.75 Å². The fourth-order valence-electron chi connectivity index (χ4n) is 1.77. The van der Waals surface area contributed by atoms with Crippen LogP contribution >= 0.6 is 0 Å². The van der Waals surface area contributed by atoms with Gasteiger partial charge in [0.1, 0.15) is 5.75 Å². The van der Waals surface area contributed by atoms with Crippen LogP contribution in [0.25, 0.3) is 0 Å². The van der Waals surface area contributed by atoms with E-state index in [1.54, 1.807) is 17.6 Å². The van der Waals surface area contributed by atoms with E-state index in [-0.39, 0.29) is 17.5 Å². The SMILES string of the molecule is COc1cc(C(=O)NO)ccc1C(C)NC(=O)C(C)(C)C. The lowest BCUT2D eigenvalue weighted by Crippen LogP contribution is -2.36. The summed E-state index contributed by atoms with van der Waals surface area (Å²) in [5, 5.41) is 11.5. The second kappa shape index (κ2) is 6.58. The van der Waals surface area contributed by atoms with Crippen molar-refractivity contribution >= 4 is 11.8 Å². The molecule has 0 saturated heterocycles. The third-order valence-corrected chi connectivity index (χ3v) is 3.09. The van der Waals surface area contributed by atoms with Crippen LogP contribution in [-0.4, -0.2) is 24.1 Å². The van der Waals surface area contributed by atoms with Gasteiger partial charge in [-0.25, -0.2) is 5.48 Å². The molecule has 1 rings (SSSR count). The Morgan fingerprint density at radius 2 is 1.90 bits per heavy atom. The highest BCUT2D eigenvalue weighted by atomic mass is 16.5. The van der Waals surface area contributed by atoms with E-state index < -0.39 is 11.3 Å².